The van der Waals surface area contributed by atoms with Crippen LogP contribution in [0, 0.1) is 5.92 Å². The Morgan fingerprint density at radius 1 is 1.35 bits per heavy atom. The van der Waals surface area contributed by atoms with Gasteiger partial charge in [-0.1, -0.05) is 31.9 Å². The van der Waals surface area contributed by atoms with Crippen LogP contribution in [0.5, 0.6) is 5.75 Å². The first-order valence-electron chi connectivity index (χ1n) is 6.72. The van der Waals surface area contributed by atoms with Gasteiger partial charge < -0.3 is 10.1 Å². The second-order valence-corrected chi connectivity index (χ2v) is 4.86. The maximum absolute atomic E-state index is 5.32. The highest BCUT2D eigenvalue weighted by Crippen LogP contribution is 2.36. The number of rotatable bonds is 5. The largest absolute Gasteiger partial charge is 0.497 e. The van der Waals surface area contributed by atoms with Crippen molar-refractivity contribution in [3.05, 3.63) is 29.8 Å². The van der Waals surface area contributed by atoms with Gasteiger partial charge in [-0.2, -0.15) is 0 Å². The molecule has 0 saturated heterocycles. The summed E-state index contributed by atoms with van der Waals surface area (Å²) in [4.78, 5) is 0. The first kappa shape index (κ1) is 12.4. The molecular weight excluding hydrogens is 210 g/mol. The van der Waals surface area contributed by atoms with E-state index in [1.807, 2.05) is 6.07 Å². The van der Waals surface area contributed by atoms with Gasteiger partial charge in [-0.3, -0.25) is 0 Å². The van der Waals surface area contributed by atoms with Crippen molar-refractivity contribution in [1.82, 2.24) is 5.32 Å². The Kier molecular flexibility index (Phi) is 4.43. The van der Waals surface area contributed by atoms with Crippen LogP contribution in [0.25, 0.3) is 0 Å². The molecule has 2 nitrogen and oxygen atoms in total. The smallest absolute Gasteiger partial charge is 0.119 e. The fourth-order valence-corrected chi connectivity index (χ4v) is 2.90. The molecule has 0 aromatic heterocycles. The van der Waals surface area contributed by atoms with Gasteiger partial charge in [0, 0.05) is 6.04 Å². The molecule has 1 aliphatic carbocycles. The van der Waals surface area contributed by atoms with Gasteiger partial charge in [0.2, 0.25) is 0 Å². The van der Waals surface area contributed by atoms with E-state index in [9.17, 15) is 0 Å². The minimum absolute atomic E-state index is 0.498. The van der Waals surface area contributed by atoms with Crippen molar-refractivity contribution in [3.8, 4) is 5.75 Å². The molecule has 1 atom stereocenters. The minimum Gasteiger partial charge on any atom is -0.497 e. The quantitative estimate of drug-likeness (QED) is 0.840. The van der Waals surface area contributed by atoms with E-state index in [-0.39, 0.29) is 0 Å². The van der Waals surface area contributed by atoms with Crippen molar-refractivity contribution in [1.29, 1.82) is 0 Å². The Morgan fingerprint density at radius 3 is 2.76 bits per heavy atom. The van der Waals surface area contributed by atoms with E-state index in [0.717, 1.165) is 18.2 Å². The number of benzene rings is 1. The third-order valence-electron chi connectivity index (χ3n) is 3.75. The molecule has 1 saturated carbocycles. The Hall–Kier alpha value is -1.02. The van der Waals surface area contributed by atoms with E-state index in [2.05, 4.69) is 30.4 Å². The summed E-state index contributed by atoms with van der Waals surface area (Å²) in [5.74, 6) is 1.76. The second kappa shape index (κ2) is 6.06. The molecule has 1 aromatic carbocycles. The molecule has 94 valence electrons. The first-order chi connectivity index (χ1) is 8.35. The van der Waals surface area contributed by atoms with E-state index < -0.39 is 0 Å². The Morgan fingerprint density at radius 2 is 2.12 bits per heavy atom. The van der Waals surface area contributed by atoms with Crippen LogP contribution >= 0.6 is 0 Å². The Balaban J connectivity index is 2.18. The van der Waals surface area contributed by atoms with Crippen molar-refractivity contribution < 1.29 is 4.74 Å². The van der Waals surface area contributed by atoms with E-state index in [0.29, 0.717) is 6.04 Å². The first-order valence-corrected chi connectivity index (χ1v) is 6.72. The minimum atomic E-state index is 0.498. The summed E-state index contributed by atoms with van der Waals surface area (Å²) in [6, 6.07) is 8.99. The highest BCUT2D eigenvalue weighted by Gasteiger charge is 2.25. The van der Waals surface area contributed by atoms with Crippen molar-refractivity contribution in [2.45, 2.75) is 38.6 Å². The van der Waals surface area contributed by atoms with E-state index in [1.54, 1.807) is 7.11 Å². The third kappa shape index (κ3) is 3.01. The van der Waals surface area contributed by atoms with Crippen LogP contribution in [0.15, 0.2) is 24.3 Å². The molecule has 0 heterocycles. The van der Waals surface area contributed by atoms with Crippen LogP contribution in [0.1, 0.15) is 44.2 Å². The summed E-state index contributed by atoms with van der Waals surface area (Å²) in [6.07, 6.45) is 5.48. The molecule has 1 unspecified atom stereocenters. The van der Waals surface area contributed by atoms with Gasteiger partial charge in [0.25, 0.3) is 0 Å². The number of hydrogen-bond acceptors (Lipinski definition) is 2. The van der Waals surface area contributed by atoms with Gasteiger partial charge in [-0.05, 0) is 43.0 Å². The Labute approximate surface area is 104 Å². The third-order valence-corrected chi connectivity index (χ3v) is 3.75. The highest BCUT2D eigenvalue weighted by molar-refractivity contribution is 5.31. The SMILES string of the molecule is CCNC(c1cccc(OC)c1)C1CCCC1. The number of ether oxygens (including phenoxy) is 1. The predicted molar refractivity (Wildman–Crippen MR) is 71.4 cm³/mol. The lowest BCUT2D eigenvalue weighted by atomic mass is 9.91. The van der Waals surface area contributed by atoms with E-state index >= 15 is 0 Å². The molecule has 0 aliphatic heterocycles. The molecule has 1 aliphatic rings. The van der Waals surface area contributed by atoms with Crippen LogP contribution < -0.4 is 10.1 Å². The van der Waals surface area contributed by atoms with E-state index in [1.165, 1.54) is 31.2 Å². The topological polar surface area (TPSA) is 21.3 Å². The van der Waals surface area contributed by atoms with Crippen LogP contribution in [0.4, 0.5) is 0 Å². The molecule has 17 heavy (non-hydrogen) atoms. The van der Waals surface area contributed by atoms with Gasteiger partial charge in [0.15, 0.2) is 0 Å². The molecule has 0 spiro atoms. The maximum Gasteiger partial charge on any atom is 0.119 e. The average molecular weight is 233 g/mol. The monoisotopic (exact) mass is 233 g/mol. The van der Waals surface area contributed by atoms with Crippen LogP contribution in [-0.4, -0.2) is 13.7 Å². The van der Waals surface area contributed by atoms with Crippen molar-refractivity contribution in [2.75, 3.05) is 13.7 Å². The fraction of sp³-hybridized carbons (Fsp3) is 0.600. The van der Waals surface area contributed by atoms with Crippen molar-refractivity contribution >= 4 is 0 Å². The molecule has 0 amide bonds. The van der Waals surface area contributed by atoms with E-state index in [4.69, 9.17) is 4.74 Å². The predicted octanol–water partition coefficient (Wildman–Crippen LogP) is 3.54. The summed E-state index contributed by atoms with van der Waals surface area (Å²) in [5, 5.41) is 3.64. The lowest BCUT2D eigenvalue weighted by Gasteiger charge is -2.25. The molecule has 2 heteroatoms. The van der Waals surface area contributed by atoms with Gasteiger partial charge in [-0.25, -0.2) is 0 Å². The van der Waals surface area contributed by atoms with Gasteiger partial charge in [0.05, 0.1) is 7.11 Å². The lowest BCUT2D eigenvalue weighted by Crippen LogP contribution is -2.26. The second-order valence-electron chi connectivity index (χ2n) is 4.86. The molecular formula is C15H23NO. The van der Waals surface area contributed by atoms with Gasteiger partial charge >= 0.3 is 0 Å². The van der Waals surface area contributed by atoms with Gasteiger partial charge in [-0.15, -0.1) is 0 Å². The summed E-state index contributed by atoms with van der Waals surface area (Å²) in [7, 11) is 1.73. The van der Waals surface area contributed by atoms with Gasteiger partial charge in [0.1, 0.15) is 5.75 Å². The summed E-state index contributed by atoms with van der Waals surface area (Å²) >= 11 is 0. The standard InChI is InChI=1S/C15H23NO/c1-3-16-15(12-7-4-5-8-12)13-9-6-10-14(11-13)17-2/h6,9-12,15-16H,3-5,7-8H2,1-2H3. The molecule has 0 radical (unpaired) electrons. The van der Waals surface area contributed by atoms with Crippen LogP contribution in [0.2, 0.25) is 0 Å². The summed E-state index contributed by atoms with van der Waals surface area (Å²) in [6.45, 7) is 3.21. The van der Waals surface area contributed by atoms with Crippen LogP contribution in [-0.2, 0) is 0 Å². The Bertz CT molecular complexity index is 345. The maximum atomic E-state index is 5.32. The van der Waals surface area contributed by atoms with Crippen molar-refractivity contribution in [3.63, 3.8) is 0 Å². The number of hydrogen-bond donors (Lipinski definition) is 1. The summed E-state index contributed by atoms with van der Waals surface area (Å²) in [5.41, 5.74) is 1.37. The van der Waals surface area contributed by atoms with Crippen LogP contribution in [0.3, 0.4) is 0 Å². The summed E-state index contributed by atoms with van der Waals surface area (Å²) < 4.78 is 5.32. The zero-order chi connectivity index (χ0) is 12.1. The van der Waals surface area contributed by atoms with Crippen molar-refractivity contribution in [2.24, 2.45) is 5.92 Å². The molecule has 1 N–H and O–H groups in total. The molecule has 2 rings (SSSR count). The number of nitrogens with one attached hydrogen (secondary N) is 1. The molecule has 1 aromatic rings. The normalized spacial score (nSPS) is 18.2. The lowest BCUT2D eigenvalue weighted by molar-refractivity contribution is 0.370. The highest BCUT2D eigenvalue weighted by atomic mass is 16.5. The zero-order valence-electron chi connectivity index (χ0n) is 10.9. The molecule has 0 bridgehead atoms. The number of methoxy groups -OCH3 is 1. The zero-order valence-corrected chi connectivity index (χ0v) is 10.9. The fourth-order valence-electron chi connectivity index (χ4n) is 2.90. The molecule has 1 fully saturated rings. The average Bonchev–Trinajstić information content (AvgIpc) is 2.89.